The molecule has 0 radical (unpaired) electrons. The zero-order chi connectivity index (χ0) is 21.5. The summed E-state index contributed by atoms with van der Waals surface area (Å²) in [5.74, 6) is 1.57. The molecule has 0 saturated heterocycles. The monoisotopic (exact) mass is 428 g/mol. The van der Waals surface area contributed by atoms with Crippen LogP contribution in [0.1, 0.15) is 12.5 Å². The van der Waals surface area contributed by atoms with Crippen molar-refractivity contribution in [3.8, 4) is 28.5 Å². The molecule has 10 heteroatoms. The zero-order valence-electron chi connectivity index (χ0n) is 16.6. The number of benzene rings is 2. The number of rotatable bonds is 9. The Morgan fingerprint density at radius 1 is 1.20 bits per heavy atom. The summed E-state index contributed by atoms with van der Waals surface area (Å²) in [4.78, 5) is 15.2. The number of nitro benzene ring substituents is 1. The molecule has 0 aliphatic rings. The van der Waals surface area contributed by atoms with E-state index in [1.54, 1.807) is 39.3 Å². The van der Waals surface area contributed by atoms with Gasteiger partial charge in [0.2, 0.25) is 5.13 Å². The van der Waals surface area contributed by atoms with E-state index in [4.69, 9.17) is 14.2 Å². The van der Waals surface area contributed by atoms with Gasteiger partial charge in [-0.05, 0) is 31.2 Å². The summed E-state index contributed by atoms with van der Waals surface area (Å²) in [5.41, 5.74) is 4.85. The third kappa shape index (κ3) is 4.84. The Morgan fingerprint density at radius 3 is 2.73 bits per heavy atom. The van der Waals surface area contributed by atoms with Crippen LogP contribution in [0.25, 0.3) is 11.3 Å². The molecule has 0 fully saturated rings. The van der Waals surface area contributed by atoms with E-state index in [1.807, 2.05) is 17.5 Å². The Balaban J connectivity index is 1.74. The highest BCUT2D eigenvalue weighted by Crippen LogP contribution is 2.34. The maximum Gasteiger partial charge on any atom is 0.311 e. The first kappa shape index (κ1) is 21.1. The smallest absolute Gasteiger partial charge is 0.311 e. The second-order valence-electron chi connectivity index (χ2n) is 5.89. The van der Waals surface area contributed by atoms with Crippen LogP contribution in [-0.2, 0) is 0 Å². The Labute approximate surface area is 177 Å². The van der Waals surface area contributed by atoms with Crippen molar-refractivity contribution in [3.05, 3.63) is 57.5 Å². The highest BCUT2D eigenvalue weighted by molar-refractivity contribution is 7.14. The van der Waals surface area contributed by atoms with Crippen LogP contribution >= 0.6 is 11.3 Å². The van der Waals surface area contributed by atoms with Gasteiger partial charge in [0, 0.05) is 28.6 Å². The molecule has 0 saturated carbocycles. The molecule has 0 aliphatic carbocycles. The predicted molar refractivity (Wildman–Crippen MR) is 116 cm³/mol. The van der Waals surface area contributed by atoms with Crippen LogP contribution in [0, 0.1) is 10.1 Å². The highest BCUT2D eigenvalue weighted by Gasteiger charge is 2.15. The Morgan fingerprint density at radius 2 is 2.03 bits per heavy atom. The molecule has 1 aromatic heterocycles. The van der Waals surface area contributed by atoms with Crippen molar-refractivity contribution in [3.63, 3.8) is 0 Å². The summed E-state index contributed by atoms with van der Waals surface area (Å²) in [7, 11) is 3.18. The summed E-state index contributed by atoms with van der Waals surface area (Å²) < 4.78 is 15.9. The Hall–Kier alpha value is -3.66. The minimum absolute atomic E-state index is 0.107. The number of nitro groups is 1. The summed E-state index contributed by atoms with van der Waals surface area (Å²) in [6, 6.07) is 10.2. The fourth-order valence-electron chi connectivity index (χ4n) is 2.66. The third-order valence-corrected chi connectivity index (χ3v) is 4.79. The molecular weight excluding hydrogens is 408 g/mol. The molecule has 0 amide bonds. The first-order chi connectivity index (χ1) is 14.5. The lowest BCUT2D eigenvalue weighted by Crippen LogP contribution is -1.99. The second-order valence-corrected chi connectivity index (χ2v) is 6.75. The lowest BCUT2D eigenvalue weighted by atomic mass is 10.1. The van der Waals surface area contributed by atoms with Gasteiger partial charge in [0.25, 0.3) is 0 Å². The van der Waals surface area contributed by atoms with Crippen LogP contribution in [-0.4, -0.2) is 36.9 Å². The summed E-state index contributed by atoms with van der Waals surface area (Å²) in [5, 5.41) is 17.8. The number of hydrogen-bond acceptors (Lipinski definition) is 9. The van der Waals surface area contributed by atoms with E-state index >= 15 is 0 Å². The molecule has 1 N–H and O–H groups in total. The number of nitrogens with zero attached hydrogens (tertiary/aromatic N) is 3. The summed E-state index contributed by atoms with van der Waals surface area (Å²) in [6.07, 6.45) is 1.48. The van der Waals surface area contributed by atoms with Gasteiger partial charge in [-0.1, -0.05) is 0 Å². The van der Waals surface area contributed by atoms with Crippen molar-refractivity contribution in [2.45, 2.75) is 6.92 Å². The van der Waals surface area contributed by atoms with Crippen LogP contribution in [0.2, 0.25) is 0 Å². The molecule has 0 unspecified atom stereocenters. The average Bonchev–Trinajstić information content (AvgIpc) is 3.22. The van der Waals surface area contributed by atoms with Gasteiger partial charge >= 0.3 is 5.69 Å². The quantitative estimate of drug-likeness (QED) is 0.302. The average molecular weight is 428 g/mol. The minimum atomic E-state index is -0.481. The molecule has 0 atom stereocenters. The molecule has 3 rings (SSSR count). The summed E-state index contributed by atoms with van der Waals surface area (Å²) in [6.45, 7) is 2.12. The summed E-state index contributed by atoms with van der Waals surface area (Å²) >= 11 is 1.37. The molecule has 30 heavy (non-hydrogen) atoms. The number of nitrogens with one attached hydrogen (secondary N) is 1. The van der Waals surface area contributed by atoms with Crippen LogP contribution in [0.3, 0.4) is 0 Å². The second kappa shape index (κ2) is 9.70. The minimum Gasteiger partial charge on any atom is -0.497 e. The zero-order valence-corrected chi connectivity index (χ0v) is 17.4. The van der Waals surface area contributed by atoms with Gasteiger partial charge in [-0.15, -0.1) is 11.3 Å². The van der Waals surface area contributed by atoms with Gasteiger partial charge in [-0.3, -0.25) is 15.5 Å². The third-order valence-electron chi connectivity index (χ3n) is 4.04. The van der Waals surface area contributed by atoms with E-state index in [-0.39, 0.29) is 11.4 Å². The van der Waals surface area contributed by atoms with Crippen molar-refractivity contribution in [1.82, 2.24) is 4.98 Å². The normalized spacial score (nSPS) is 10.8. The lowest BCUT2D eigenvalue weighted by molar-refractivity contribution is -0.385. The number of methoxy groups -OCH3 is 2. The van der Waals surface area contributed by atoms with E-state index in [0.717, 1.165) is 11.3 Å². The van der Waals surface area contributed by atoms with Gasteiger partial charge in [0.1, 0.15) is 11.5 Å². The maximum absolute atomic E-state index is 11.2. The van der Waals surface area contributed by atoms with E-state index in [2.05, 4.69) is 15.5 Å². The van der Waals surface area contributed by atoms with Crippen LogP contribution < -0.4 is 19.6 Å². The number of hydrazone groups is 1. The van der Waals surface area contributed by atoms with E-state index in [0.29, 0.717) is 28.8 Å². The molecule has 0 aliphatic heterocycles. The molecule has 3 aromatic rings. The van der Waals surface area contributed by atoms with Crippen LogP contribution in [0.15, 0.2) is 46.9 Å². The lowest BCUT2D eigenvalue weighted by Gasteiger charge is -2.08. The molecule has 9 nitrogen and oxygen atoms in total. The van der Waals surface area contributed by atoms with Gasteiger partial charge in [0.05, 0.1) is 37.7 Å². The van der Waals surface area contributed by atoms with Gasteiger partial charge in [-0.25, -0.2) is 4.98 Å². The molecule has 2 aromatic carbocycles. The molecule has 0 spiro atoms. The largest absolute Gasteiger partial charge is 0.497 e. The number of anilines is 1. The van der Waals surface area contributed by atoms with Crippen LogP contribution in [0.4, 0.5) is 10.8 Å². The Bertz CT molecular complexity index is 1070. The molecule has 1 heterocycles. The SMILES string of the molecule is CCOc1ccc(/C=N\Nc2nc(-c3ccc(OC)cc3OC)cs2)cc1[N+](=O)[O-]. The standard InChI is InChI=1S/C20H20N4O5S/c1-4-29-18-8-5-13(9-17(18)24(25)26)11-21-23-20-22-16(12-30-20)15-7-6-14(27-2)10-19(15)28-3/h5-12H,4H2,1-3H3,(H,22,23)/b21-11-. The fraction of sp³-hybridized carbons (Fsp3) is 0.200. The number of ether oxygens (including phenoxy) is 3. The van der Waals surface area contributed by atoms with Crippen molar-refractivity contribution in [1.29, 1.82) is 0 Å². The van der Waals surface area contributed by atoms with Crippen molar-refractivity contribution in [2.24, 2.45) is 5.10 Å². The van der Waals surface area contributed by atoms with Gasteiger partial charge in [0.15, 0.2) is 5.75 Å². The molecule has 0 bridgehead atoms. The van der Waals surface area contributed by atoms with Crippen molar-refractivity contribution in [2.75, 3.05) is 26.3 Å². The first-order valence-electron chi connectivity index (χ1n) is 8.94. The highest BCUT2D eigenvalue weighted by atomic mass is 32.1. The molecular formula is C20H20N4O5S. The number of thiazole rings is 1. The van der Waals surface area contributed by atoms with E-state index in [9.17, 15) is 10.1 Å². The number of aromatic nitrogens is 1. The van der Waals surface area contributed by atoms with E-state index < -0.39 is 4.92 Å². The Kier molecular flexibility index (Phi) is 6.81. The van der Waals surface area contributed by atoms with Gasteiger partial charge < -0.3 is 14.2 Å². The number of hydrogen-bond donors (Lipinski definition) is 1. The maximum atomic E-state index is 11.2. The topological polar surface area (TPSA) is 108 Å². The fourth-order valence-corrected chi connectivity index (χ4v) is 3.32. The van der Waals surface area contributed by atoms with Gasteiger partial charge in [-0.2, -0.15) is 5.10 Å². The first-order valence-corrected chi connectivity index (χ1v) is 9.82. The van der Waals surface area contributed by atoms with Crippen LogP contribution in [0.5, 0.6) is 17.2 Å². The van der Waals surface area contributed by atoms with Crippen molar-refractivity contribution >= 4 is 28.4 Å². The van der Waals surface area contributed by atoms with Crippen molar-refractivity contribution < 1.29 is 19.1 Å². The molecule has 156 valence electrons. The predicted octanol–water partition coefficient (Wildman–Crippen LogP) is 4.58. The van der Waals surface area contributed by atoms with E-state index in [1.165, 1.54) is 23.6 Å².